The average molecular weight is 333 g/mol. The zero-order chi connectivity index (χ0) is 9.41. The molecule has 0 aliphatic heterocycles. The largest absolute Gasteiger partial charge is 1.00 e. The third-order valence-corrected chi connectivity index (χ3v) is 0.604. The van der Waals surface area contributed by atoms with Crippen molar-refractivity contribution in [1.29, 1.82) is 0 Å². The second kappa shape index (κ2) is 308. The molecule has 0 unspecified atom stereocenters. The Hall–Kier alpha value is 0.243. The van der Waals surface area contributed by atoms with Crippen LogP contribution >= 0.6 is 0 Å². The summed E-state index contributed by atoms with van der Waals surface area (Å²) in [4.78, 5) is 22.5. The molecule has 0 N–H and O–H groups in total. The van der Waals surface area contributed by atoms with Crippen molar-refractivity contribution in [2.45, 2.75) is 5.02 Å². The summed E-state index contributed by atoms with van der Waals surface area (Å²) < 4.78 is 0. The summed E-state index contributed by atoms with van der Waals surface area (Å²) in [7, 11) is 0. The Kier molecular flexibility index (Phi) is 1200. The Balaban J connectivity index is -0.00000000727. The fourth-order valence-electron chi connectivity index (χ4n) is 0. The molecular weight excluding hydrogens is 327 g/mol. The van der Waals surface area contributed by atoms with Crippen molar-refractivity contribution in [3.63, 3.8) is 0 Å². The minimum Gasteiger partial charge on any atom is -1.00 e. The van der Waals surface area contributed by atoms with Gasteiger partial charge in [0.25, 0.3) is 20.4 Å². The van der Waals surface area contributed by atoms with Gasteiger partial charge in [-0.2, -0.15) is 0 Å². The van der Waals surface area contributed by atoms with Gasteiger partial charge < -0.3 is 37.2 Å². The molecule has 0 aliphatic carbocycles. The molecule has 0 rings (SSSR count). The van der Waals surface area contributed by atoms with Crippen molar-refractivity contribution in [2.24, 2.45) is 0 Å². The normalized spacial score (nSPS) is 2.77. The monoisotopic (exact) mass is 332 g/mol. The molecule has 13 heavy (non-hydrogen) atoms. The maximum atomic E-state index is 7.50. The molecule has 0 atom stereocenters. The first-order chi connectivity index (χ1) is 4.91. The Bertz CT molecular complexity index is 55.6. The summed E-state index contributed by atoms with van der Waals surface area (Å²) in [5.41, 5.74) is 0. The van der Waals surface area contributed by atoms with Crippen LogP contribution in [0.15, 0.2) is 12.7 Å². The Morgan fingerprint density at radius 3 is 1.00 bits per heavy atom. The van der Waals surface area contributed by atoms with E-state index in [1.807, 2.05) is 6.08 Å². The molecule has 0 spiro atoms. The van der Waals surface area contributed by atoms with E-state index < -0.39 is 0 Å². The van der Waals surface area contributed by atoms with Crippen LogP contribution in [0.25, 0.3) is 0 Å². The maximum Gasteiger partial charge on any atom is 0.281 e. The molecule has 7 heteroatoms. The van der Waals surface area contributed by atoms with E-state index in [-0.39, 0.29) is 37.2 Å². The summed E-state index contributed by atoms with van der Waals surface area (Å²) in [6, 6.07) is 0. The zero-order valence-corrected chi connectivity index (χ0v) is 10.2. The molecule has 0 fully saturated rings. The SMILES string of the molecule is C=C[CH2][Ru+3].[C]=O.[C]=O.[C]=O.[Cl-].[Cl-].[Cl-]. The second-order valence-electron chi connectivity index (χ2n) is 0.433. The van der Waals surface area contributed by atoms with Crippen molar-refractivity contribution in [1.82, 2.24) is 0 Å². The summed E-state index contributed by atoms with van der Waals surface area (Å²) >= 11 is 2.46. The molecular formula is C6H5Cl3O3Ru. The molecule has 0 aliphatic rings. The van der Waals surface area contributed by atoms with Gasteiger partial charge in [0, 0.05) is 0 Å². The molecule has 0 bridgehead atoms. The van der Waals surface area contributed by atoms with Gasteiger partial charge in [-0.25, -0.2) is 0 Å². The first-order valence-corrected chi connectivity index (χ1v) is 2.91. The van der Waals surface area contributed by atoms with Crippen LogP contribution in [0.1, 0.15) is 0 Å². The van der Waals surface area contributed by atoms with Crippen molar-refractivity contribution in [3.8, 4) is 0 Å². The standard InChI is InChI=1S/C3H5.3CO.3ClH.Ru/c1-3-2;3*1-2;;;;/h3H,1-2H2;;;;3*1H;/q;;;;;;;+3/p-3. The Morgan fingerprint density at radius 2 is 1.00 bits per heavy atom. The molecule has 0 aromatic heterocycles. The van der Waals surface area contributed by atoms with E-state index in [0.717, 1.165) is 5.02 Å². The van der Waals surface area contributed by atoms with E-state index in [2.05, 4.69) is 45.2 Å². The second-order valence-corrected chi connectivity index (χ2v) is 1.14. The fourth-order valence-corrected chi connectivity index (χ4v) is 0. The van der Waals surface area contributed by atoms with Crippen molar-refractivity contribution >= 4 is 20.4 Å². The van der Waals surface area contributed by atoms with Crippen LogP contribution in [-0.2, 0) is 32.7 Å². The van der Waals surface area contributed by atoms with E-state index in [0.29, 0.717) is 0 Å². The first-order valence-electron chi connectivity index (χ1n) is 1.68. The Labute approximate surface area is 108 Å². The van der Waals surface area contributed by atoms with Gasteiger partial charge in [-0.05, 0) is 0 Å². The van der Waals surface area contributed by atoms with Crippen LogP contribution in [0.5, 0.6) is 0 Å². The van der Waals surface area contributed by atoms with Crippen LogP contribution in [0.3, 0.4) is 0 Å². The van der Waals surface area contributed by atoms with E-state index in [4.69, 9.17) is 14.4 Å². The molecule has 3 nitrogen and oxygen atoms in total. The predicted molar refractivity (Wildman–Crippen MR) is 32.1 cm³/mol. The Morgan fingerprint density at radius 1 is 0.923 bits per heavy atom. The number of allylic oxidation sites excluding steroid dienone is 1. The third kappa shape index (κ3) is 831. The van der Waals surface area contributed by atoms with E-state index >= 15 is 0 Å². The van der Waals surface area contributed by atoms with E-state index in [1.165, 1.54) is 0 Å². The van der Waals surface area contributed by atoms with Crippen molar-refractivity contribution in [2.75, 3.05) is 0 Å². The molecule has 76 valence electrons. The number of halogens is 3. The van der Waals surface area contributed by atoms with Crippen LogP contribution in [0.4, 0.5) is 0 Å². The smallest absolute Gasteiger partial charge is 0.281 e. The zero-order valence-electron chi connectivity index (χ0n) is 6.20. The van der Waals surface area contributed by atoms with Crippen LogP contribution < -0.4 is 37.2 Å². The maximum absolute atomic E-state index is 7.50. The number of rotatable bonds is 1. The van der Waals surface area contributed by atoms with Gasteiger partial charge in [0.15, 0.2) is 0 Å². The van der Waals surface area contributed by atoms with Crippen LogP contribution in [-0.4, -0.2) is 20.4 Å². The average Bonchev–Trinajstić information content (AvgIpc) is 2.14. The van der Waals surface area contributed by atoms with Crippen molar-refractivity contribution < 1.29 is 69.9 Å². The fraction of sp³-hybridized carbons (Fsp3) is 0.167. The van der Waals surface area contributed by atoms with Gasteiger partial charge in [-0.1, -0.05) is 0 Å². The summed E-state index contributed by atoms with van der Waals surface area (Å²) in [6.45, 7) is 17.0. The molecule has 6 radical (unpaired) electrons. The molecule has 0 amide bonds. The molecule has 0 aromatic carbocycles. The molecule has 0 aromatic rings. The summed E-state index contributed by atoms with van der Waals surface area (Å²) in [5, 5.41) is 1.01. The minimum atomic E-state index is 0. The summed E-state index contributed by atoms with van der Waals surface area (Å²) in [5.74, 6) is 0. The number of hydrogen-bond donors (Lipinski definition) is 0. The van der Waals surface area contributed by atoms with Crippen LogP contribution in [0.2, 0.25) is 5.02 Å². The minimum absolute atomic E-state index is 0. The van der Waals surface area contributed by atoms with Gasteiger partial charge in [-0.15, -0.1) is 0 Å². The third-order valence-electron chi connectivity index (χ3n) is 0.102. The number of carbonyl (C=O) groups excluding carboxylic acids is 3. The van der Waals surface area contributed by atoms with Crippen LogP contribution in [0, 0.1) is 0 Å². The molecule has 0 saturated carbocycles. The van der Waals surface area contributed by atoms with Crippen molar-refractivity contribution in [3.05, 3.63) is 12.7 Å². The van der Waals surface area contributed by atoms with Gasteiger partial charge in [0.05, 0.1) is 0 Å². The first kappa shape index (κ1) is 50.9. The topological polar surface area (TPSA) is 51.2 Å². The van der Waals surface area contributed by atoms with E-state index in [9.17, 15) is 0 Å². The summed E-state index contributed by atoms with van der Waals surface area (Å²) in [6.07, 6.45) is 1.84. The number of hydrogen-bond acceptors (Lipinski definition) is 3. The van der Waals surface area contributed by atoms with E-state index in [1.54, 1.807) is 0 Å². The molecule has 0 heterocycles. The quantitative estimate of drug-likeness (QED) is 0.354. The van der Waals surface area contributed by atoms with Gasteiger partial charge in [0.1, 0.15) is 0 Å². The molecule has 0 saturated heterocycles. The van der Waals surface area contributed by atoms with Gasteiger partial charge in [0.2, 0.25) is 0 Å². The van der Waals surface area contributed by atoms with Gasteiger partial charge in [-0.3, -0.25) is 14.4 Å². The van der Waals surface area contributed by atoms with Gasteiger partial charge >= 0.3 is 36.0 Å². The predicted octanol–water partition coefficient (Wildman–Crippen LogP) is -9.04.